The maximum Gasteiger partial charge on any atom is 0.330 e. The molecule has 2 aliphatic rings. The lowest BCUT2D eigenvalue weighted by molar-refractivity contribution is -0.137. The third-order valence-electron chi connectivity index (χ3n) is 5.38. The van der Waals surface area contributed by atoms with Crippen LogP contribution in [0.3, 0.4) is 0 Å². The molecule has 144 valence electrons. The van der Waals surface area contributed by atoms with Gasteiger partial charge in [-0.3, -0.25) is 0 Å². The van der Waals surface area contributed by atoms with Gasteiger partial charge in [0.25, 0.3) is 0 Å². The second-order valence-corrected chi connectivity index (χ2v) is 7.10. The first kappa shape index (κ1) is 20.4. The van der Waals surface area contributed by atoms with Gasteiger partial charge in [0.1, 0.15) is 6.79 Å². The predicted octanol–water partition coefficient (Wildman–Crippen LogP) is 3.53. The van der Waals surface area contributed by atoms with Gasteiger partial charge in [-0.05, 0) is 70.5 Å². The Morgan fingerprint density at radius 2 is 1.92 bits per heavy atom. The summed E-state index contributed by atoms with van der Waals surface area (Å²) in [7, 11) is 0. The van der Waals surface area contributed by atoms with Gasteiger partial charge in [-0.15, -0.1) is 0 Å². The Bertz CT molecular complexity index is 409. The number of carbonyl (C=O) groups is 1. The number of unbranched alkanes of at least 4 members (excludes halogenated alkanes) is 2. The van der Waals surface area contributed by atoms with Crippen molar-refractivity contribution in [3.8, 4) is 0 Å². The summed E-state index contributed by atoms with van der Waals surface area (Å²) in [6.07, 6.45) is 11.5. The highest BCUT2D eigenvalue weighted by atomic mass is 16.7. The monoisotopic (exact) mass is 353 g/mol. The fraction of sp³-hybridized carbons (Fsp3) is 0.850. The van der Waals surface area contributed by atoms with Crippen molar-refractivity contribution in [2.45, 2.75) is 71.0 Å². The molecule has 0 aromatic heterocycles. The largest absolute Gasteiger partial charge is 0.463 e. The van der Waals surface area contributed by atoms with Crippen LogP contribution >= 0.6 is 0 Å². The Morgan fingerprint density at radius 1 is 1.12 bits per heavy atom. The van der Waals surface area contributed by atoms with Crippen LogP contribution in [0.5, 0.6) is 0 Å². The molecule has 2 fully saturated rings. The lowest BCUT2D eigenvalue weighted by Crippen LogP contribution is -2.30. The second-order valence-electron chi connectivity index (χ2n) is 7.10. The maximum absolute atomic E-state index is 11.7. The van der Waals surface area contributed by atoms with E-state index < -0.39 is 0 Å². The van der Waals surface area contributed by atoms with Crippen LogP contribution in [0.1, 0.15) is 58.8 Å². The molecule has 3 atom stereocenters. The summed E-state index contributed by atoms with van der Waals surface area (Å²) >= 11 is 0. The number of nitrogens with zero attached hydrogens (tertiary/aromatic N) is 1. The molecular weight excluding hydrogens is 318 g/mol. The molecule has 0 amide bonds. The van der Waals surface area contributed by atoms with E-state index in [2.05, 4.69) is 18.7 Å². The first-order chi connectivity index (χ1) is 12.2. The van der Waals surface area contributed by atoms with Gasteiger partial charge in [0, 0.05) is 6.08 Å². The Morgan fingerprint density at radius 3 is 2.72 bits per heavy atom. The summed E-state index contributed by atoms with van der Waals surface area (Å²) in [5.41, 5.74) is 0. The molecule has 0 radical (unpaired) electrons. The standard InChI is InChI=1S/C20H35NO4/c1-3-21(4-2)13-6-5-7-14-23-20(22)10-8-9-17-11-12-18-19(15-17)25-16-24-18/h8,10,17-19H,3-7,9,11-16H2,1-2H3/b10-8+. The molecule has 0 N–H and O–H groups in total. The number of carbonyl (C=O) groups excluding carboxylic acids is 1. The molecule has 1 aliphatic carbocycles. The van der Waals surface area contributed by atoms with Crippen LogP contribution in [0.25, 0.3) is 0 Å². The fourth-order valence-corrected chi connectivity index (χ4v) is 3.71. The molecular formula is C20H35NO4. The van der Waals surface area contributed by atoms with Crippen LogP contribution in [0.15, 0.2) is 12.2 Å². The first-order valence-corrected chi connectivity index (χ1v) is 10.0. The number of fused-ring (bicyclic) bond motifs is 1. The molecule has 2 rings (SSSR count). The minimum atomic E-state index is -0.210. The molecule has 0 aromatic carbocycles. The van der Waals surface area contributed by atoms with Gasteiger partial charge < -0.3 is 19.1 Å². The predicted molar refractivity (Wildman–Crippen MR) is 98.3 cm³/mol. The van der Waals surface area contributed by atoms with Crippen LogP contribution in [-0.2, 0) is 19.0 Å². The zero-order valence-electron chi connectivity index (χ0n) is 16.0. The zero-order chi connectivity index (χ0) is 17.9. The third kappa shape index (κ3) is 7.47. The van der Waals surface area contributed by atoms with Crippen LogP contribution < -0.4 is 0 Å². The molecule has 5 nitrogen and oxygen atoms in total. The number of hydrogen-bond donors (Lipinski definition) is 0. The van der Waals surface area contributed by atoms with Crippen molar-refractivity contribution in [3.05, 3.63) is 12.2 Å². The SMILES string of the molecule is CCN(CC)CCCCCOC(=O)/C=C/CC1CCC2OCOC2C1. The van der Waals surface area contributed by atoms with E-state index in [0.29, 0.717) is 25.4 Å². The number of allylic oxidation sites excluding steroid dienone is 1. The van der Waals surface area contributed by atoms with Gasteiger partial charge in [-0.2, -0.15) is 0 Å². The van der Waals surface area contributed by atoms with Crippen molar-refractivity contribution in [2.75, 3.05) is 33.0 Å². The van der Waals surface area contributed by atoms with Crippen molar-refractivity contribution in [1.29, 1.82) is 0 Å². The first-order valence-electron chi connectivity index (χ1n) is 10.0. The van der Waals surface area contributed by atoms with Crippen LogP contribution in [-0.4, -0.2) is 56.1 Å². The number of rotatable bonds is 11. The average molecular weight is 354 g/mol. The smallest absolute Gasteiger partial charge is 0.330 e. The number of ether oxygens (including phenoxy) is 3. The molecule has 1 saturated heterocycles. The van der Waals surface area contributed by atoms with E-state index in [-0.39, 0.29) is 12.1 Å². The fourth-order valence-electron chi connectivity index (χ4n) is 3.71. The summed E-state index contributed by atoms with van der Waals surface area (Å²) in [5.74, 6) is 0.380. The second kappa shape index (κ2) is 11.7. The van der Waals surface area contributed by atoms with E-state index in [1.807, 2.05) is 6.08 Å². The Labute approximate surface area is 152 Å². The summed E-state index contributed by atoms with van der Waals surface area (Å²) in [5, 5.41) is 0. The quantitative estimate of drug-likeness (QED) is 0.323. The minimum Gasteiger partial charge on any atom is -0.463 e. The average Bonchev–Trinajstić information content (AvgIpc) is 3.09. The van der Waals surface area contributed by atoms with E-state index >= 15 is 0 Å². The van der Waals surface area contributed by atoms with Crippen molar-refractivity contribution < 1.29 is 19.0 Å². The highest BCUT2D eigenvalue weighted by Gasteiger charge is 2.35. The summed E-state index contributed by atoms with van der Waals surface area (Å²) in [4.78, 5) is 14.2. The van der Waals surface area contributed by atoms with Gasteiger partial charge in [0.05, 0.1) is 18.8 Å². The normalized spacial score (nSPS) is 26.3. The highest BCUT2D eigenvalue weighted by Crippen LogP contribution is 2.33. The molecule has 1 saturated carbocycles. The minimum absolute atomic E-state index is 0.210. The third-order valence-corrected chi connectivity index (χ3v) is 5.38. The number of hydrogen-bond acceptors (Lipinski definition) is 5. The van der Waals surface area contributed by atoms with E-state index in [0.717, 1.165) is 58.2 Å². The summed E-state index contributed by atoms with van der Waals surface area (Å²) in [6.45, 7) is 8.71. The van der Waals surface area contributed by atoms with Gasteiger partial charge in [0.15, 0.2) is 0 Å². The van der Waals surface area contributed by atoms with E-state index in [1.54, 1.807) is 6.08 Å². The van der Waals surface area contributed by atoms with Crippen molar-refractivity contribution in [2.24, 2.45) is 5.92 Å². The van der Waals surface area contributed by atoms with Gasteiger partial charge in [0.2, 0.25) is 0 Å². The van der Waals surface area contributed by atoms with E-state index in [4.69, 9.17) is 14.2 Å². The highest BCUT2D eigenvalue weighted by molar-refractivity contribution is 5.81. The lowest BCUT2D eigenvalue weighted by atomic mass is 9.83. The summed E-state index contributed by atoms with van der Waals surface area (Å²) in [6, 6.07) is 0. The molecule has 0 aromatic rings. The van der Waals surface area contributed by atoms with Gasteiger partial charge >= 0.3 is 5.97 Å². The van der Waals surface area contributed by atoms with Crippen molar-refractivity contribution in [1.82, 2.24) is 4.90 Å². The topological polar surface area (TPSA) is 48.0 Å². The molecule has 5 heteroatoms. The van der Waals surface area contributed by atoms with Crippen LogP contribution in [0.2, 0.25) is 0 Å². The summed E-state index contributed by atoms with van der Waals surface area (Å²) < 4.78 is 16.4. The molecule has 3 unspecified atom stereocenters. The van der Waals surface area contributed by atoms with Crippen molar-refractivity contribution in [3.63, 3.8) is 0 Å². The van der Waals surface area contributed by atoms with Crippen LogP contribution in [0.4, 0.5) is 0 Å². The molecule has 25 heavy (non-hydrogen) atoms. The Kier molecular flexibility index (Phi) is 9.51. The molecule has 1 heterocycles. The molecule has 1 aliphatic heterocycles. The Balaban J connectivity index is 1.48. The molecule has 0 bridgehead atoms. The Hall–Kier alpha value is -0.910. The maximum atomic E-state index is 11.7. The van der Waals surface area contributed by atoms with E-state index in [9.17, 15) is 4.79 Å². The zero-order valence-corrected chi connectivity index (χ0v) is 16.0. The van der Waals surface area contributed by atoms with Gasteiger partial charge in [-0.1, -0.05) is 19.9 Å². The number of esters is 1. The van der Waals surface area contributed by atoms with Crippen molar-refractivity contribution >= 4 is 5.97 Å². The van der Waals surface area contributed by atoms with E-state index in [1.165, 1.54) is 6.42 Å². The molecule has 0 spiro atoms. The van der Waals surface area contributed by atoms with Crippen LogP contribution in [0, 0.1) is 5.92 Å². The lowest BCUT2D eigenvalue weighted by Gasteiger charge is -2.28. The van der Waals surface area contributed by atoms with Gasteiger partial charge in [-0.25, -0.2) is 4.79 Å².